The van der Waals surface area contributed by atoms with Crippen LogP contribution in [0.25, 0.3) is 0 Å². The zero-order valence-corrected chi connectivity index (χ0v) is 15.0. The average Bonchev–Trinajstić information content (AvgIpc) is 2.83. The molecule has 0 fully saturated rings. The van der Waals surface area contributed by atoms with Crippen molar-refractivity contribution >= 4 is 11.7 Å². The number of Topliss-reactive ketones (excluding diaryl/α,β-unsaturated/α-hetero) is 1. The SMILES string of the molecule is CC(=O)C1=C(O)C(=O)N(CC[NH2+]CCO)[C@H]1c1ccc(C(C)C)cc1. The summed E-state index contributed by atoms with van der Waals surface area (Å²) in [6.45, 7) is 7.16. The number of aliphatic hydroxyl groups is 2. The molecule has 0 radical (unpaired) electrons. The Balaban J connectivity index is 2.32. The number of aliphatic hydroxyl groups excluding tert-OH is 2. The van der Waals surface area contributed by atoms with Crippen LogP contribution in [0.1, 0.15) is 43.9 Å². The molecule has 0 unspecified atom stereocenters. The van der Waals surface area contributed by atoms with E-state index in [1.807, 2.05) is 29.6 Å². The zero-order chi connectivity index (χ0) is 18.6. The molecule has 1 aliphatic rings. The van der Waals surface area contributed by atoms with Crippen LogP contribution in [0.5, 0.6) is 0 Å². The fraction of sp³-hybridized carbons (Fsp3) is 0.474. The predicted molar refractivity (Wildman–Crippen MR) is 94.1 cm³/mol. The molecule has 25 heavy (non-hydrogen) atoms. The molecule has 1 aromatic rings. The lowest BCUT2D eigenvalue weighted by Crippen LogP contribution is -2.86. The van der Waals surface area contributed by atoms with Gasteiger partial charge < -0.3 is 20.4 Å². The molecule has 0 saturated carbocycles. The highest BCUT2D eigenvalue weighted by Crippen LogP contribution is 2.37. The summed E-state index contributed by atoms with van der Waals surface area (Å²) in [7, 11) is 0. The number of nitrogens with two attached hydrogens (primary N) is 1. The highest BCUT2D eigenvalue weighted by atomic mass is 16.3. The molecule has 136 valence electrons. The van der Waals surface area contributed by atoms with Gasteiger partial charge >= 0.3 is 0 Å². The van der Waals surface area contributed by atoms with Crippen molar-refractivity contribution in [1.82, 2.24) is 4.90 Å². The summed E-state index contributed by atoms with van der Waals surface area (Å²) in [5, 5.41) is 21.0. The Hall–Kier alpha value is -2.18. The number of quaternary nitrogens is 1. The van der Waals surface area contributed by atoms with Crippen LogP contribution in [0.3, 0.4) is 0 Å². The van der Waals surface area contributed by atoms with E-state index in [1.165, 1.54) is 17.4 Å². The van der Waals surface area contributed by atoms with Crippen molar-refractivity contribution in [1.29, 1.82) is 0 Å². The first-order valence-electron chi connectivity index (χ1n) is 8.65. The molecule has 6 nitrogen and oxygen atoms in total. The van der Waals surface area contributed by atoms with Gasteiger partial charge in [-0.3, -0.25) is 9.59 Å². The van der Waals surface area contributed by atoms with Gasteiger partial charge in [0, 0.05) is 0 Å². The Morgan fingerprint density at radius 2 is 1.88 bits per heavy atom. The van der Waals surface area contributed by atoms with Gasteiger partial charge in [0.2, 0.25) is 0 Å². The van der Waals surface area contributed by atoms with E-state index in [2.05, 4.69) is 13.8 Å². The van der Waals surface area contributed by atoms with Gasteiger partial charge in [0.05, 0.1) is 37.9 Å². The van der Waals surface area contributed by atoms with Crippen molar-refractivity contribution in [3.63, 3.8) is 0 Å². The van der Waals surface area contributed by atoms with Crippen LogP contribution in [-0.2, 0) is 9.59 Å². The second-order valence-electron chi connectivity index (χ2n) is 6.63. The molecule has 1 amide bonds. The maximum Gasteiger partial charge on any atom is 0.290 e. The van der Waals surface area contributed by atoms with Gasteiger partial charge in [-0.1, -0.05) is 38.1 Å². The number of amides is 1. The second kappa shape index (κ2) is 8.27. The molecule has 1 aliphatic heterocycles. The number of carbonyl (C=O) groups is 2. The van der Waals surface area contributed by atoms with Gasteiger partial charge in [-0.15, -0.1) is 0 Å². The van der Waals surface area contributed by atoms with E-state index in [4.69, 9.17) is 5.11 Å². The summed E-state index contributed by atoms with van der Waals surface area (Å²) >= 11 is 0. The van der Waals surface area contributed by atoms with Crippen LogP contribution in [0.2, 0.25) is 0 Å². The third-order valence-corrected chi connectivity index (χ3v) is 4.51. The highest BCUT2D eigenvalue weighted by molar-refractivity contribution is 6.08. The summed E-state index contributed by atoms with van der Waals surface area (Å²) in [6, 6.07) is 7.26. The summed E-state index contributed by atoms with van der Waals surface area (Å²) < 4.78 is 0. The van der Waals surface area contributed by atoms with Gasteiger partial charge in [0.25, 0.3) is 5.91 Å². The van der Waals surface area contributed by atoms with Gasteiger partial charge in [0.1, 0.15) is 0 Å². The normalized spacial score (nSPS) is 17.7. The van der Waals surface area contributed by atoms with Crippen molar-refractivity contribution in [2.45, 2.75) is 32.7 Å². The van der Waals surface area contributed by atoms with Crippen molar-refractivity contribution in [2.75, 3.05) is 26.2 Å². The maximum absolute atomic E-state index is 12.4. The molecule has 4 N–H and O–H groups in total. The minimum atomic E-state index is -0.561. The lowest BCUT2D eigenvalue weighted by atomic mass is 9.94. The fourth-order valence-corrected chi connectivity index (χ4v) is 3.12. The molecule has 0 spiro atoms. The van der Waals surface area contributed by atoms with Gasteiger partial charge in [-0.05, 0) is 24.0 Å². The van der Waals surface area contributed by atoms with Crippen LogP contribution in [0.4, 0.5) is 0 Å². The maximum atomic E-state index is 12.4. The number of nitrogens with zero attached hydrogens (tertiary/aromatic N) is 1. The Morgan fingerprint density at radius 3 is 2.40 bits per heavy atom. The van der Waals surface area contributed by atoms with E-state index < -0.39 is 17.7 Å². The Kier molecular flexibility index (Phi) is 6.33. The van der Waals surface area contributed by atoms with E-state index in [1.54, 1.807) is 0 Å². The molecule has 0 aliphatic carbocycles. The van der Waals surface area contributed by atoms with E-state index in [0.29, 0.717) is 25.6 Å². The monoisotopic (exact) mass is 347 g/mol. The first-order valence-corrected chi connectivity index (χ1v) is 8.65. The van der Waals surface area contributed by atoms with Crippen molar-refractivity contribution < 1.29 is 25.1 Å². The van der Waals surface area contributed by atoms with Crippen molar-refractivity contribution in [3.05, 3.63) is 46.7 Å². The highest BCUT2D eigenvalue weighted by Gasteiger charge is 2.42. The second-order valence-corrected chi connectivity index (χ2v) is 6.63. The largest absolute Gasteiger partial charge is 0.503 e. The lowest BCUT2D eigenvalue weighted by Gasteiger charge is -2.26. The van der Waals surface area contributed by atoms with Gasteiger partial charge in [0.15, 0.2) is 11.5 Å². The van der Waals surface area contributed by atoms with Crippen molar-refractivity contribution in [2.24, 2.45) is 0 Å². The topological polar surface area (TPSA) is 94.5 Å². The van der Waals surface area contributed by atoms with Gasteiger partial charge in [-0.2, -0.15) is 0 Å². The lowest BCUT2D eigenvalue weighted by molar-refractivity contribution is -0.655. The molecular weight excluding hydrogens is 320 g/mol. The Labute approximate surface area is 148 Å². The average molecular weight is 347 g/mol. The molecule has 0 bridgehead atoms. The molecule has 1 atom stereocenters. The van der Waals surface area contributed by atoms with Crippen LogP contribution >= 0.6 is 0 Å². The zero-order valence-electron chi connectivity index (χ0n) is 15.0. The molecule has 0 saturated heterocycles. The molecule has 2 rings (SSSR count). The molecule has 6 heteroatoms. The fourth-order valence-electron chi connectivity index (χ4n) is 3.12. The molecule has 0 aromatic heterocycles. The quantitative estimate of drug-likeness (QED) is 0.602. The standard InChI is InChI=1S/C19H26N2O4/c1-12(2)14-4-6-15(7-5-14)17-16(13(3)23)18(24)19(25)21(17)10-8-20-9-11-22/h4-7,12,17,20,22,24H,8-11H2,1-3H3/p+1/t17-/m0/s1. The first kappa shape index (κ1) is 19.1. The number of ketones is 1. The summed E-state index contributed by atoms with van der Waals surface area (Å²) in [4.78, 5) is 26.0. The minimum Gasteiger partial charge on any atom is -0.503 e. The number of benzene rings is 1. The predicted octanol–water partition coefficient (Wildman–Crippen LogP) is 0.650. The van der Waals surface area contributed by atoms with Crippen LogP contribution < -0.4 is 5.32 Å². The third-order valence-electron chi connectivity index (χ3n) is 4.51. The Bertz CT molecular complexity index is 665. The Morgan fingerprint density at radius 1 is 1.24 bits per heavy atom. The van der Waals surface area contributed by atoms with Crippen LogP contribution in [0, 0.1) is 0 Å². The van der Waals surface area contributed by atoms with E-state index in [-0.39, 0.29) is 18.0 Å². The molecular formula is C19H27N2O4+. The third kappa shape index (κ3) is 4.08. The number of rotatable bonds is 8. The van der Waals surface area contributed by atoms with Crippen LogP contribution in [-0.4, -0.2) is 53.0 Å². The molecule has 1 aromatic carbocycles. The number of hydrogen-bond donors (Lipinski definition) is 3. The summed E-state index contributed by atoms with van der Waals surface area (Å²) in [5.41, 5.74) is 2.15. The number of hydrogen-bond acceptors (Lipinski definition) is 4. The number of carbonyl (C=O) groups excluding carboxylic acids is 2. The first-order chi connectivity index (χ1) is 11.9. The minimum absolute atomic E-state index is 0.0657. The summed E-state index contributed by atoms with van der Waals surface area (Å²) in [6.07, 6.45) is 0. The van der Waals surface area contributed by atoms with E-state index in [9.17, 15) is 14.7 Å². The molecule has 1 heterocycles. The summed E-state index contributed by atoms with van der Waals surface area (Å²) in [5.74, 6) is -0.876. The van der Waals surface area contributed by atoms with Gasteiger partial charge in [-0.25, -0.2) is 0 Å². The van der Waals surface area contributed by atoms with Crippen LogP contribution in [0.15, 0.2) is 35.6 Å². The van der Waals surface area contributed by atoms with Crippen molar-refractivity contribution in [3.8, 4) is 0 Å². The van der Waals surface area contributed by atoms with E-state index >= 15 is 0 Å². The smallest absolute Gasteiger partial charge is 0.290 e. The van der Waals surface area contributed by atoms with E-state index in [0.717, 1.165) is 5.56 Å².